The molecule has 0 saturated carbocycles. The van der Waals surface area contributed by atoms with Gasteiger partial charge in [0, 0.05) is 46.2 Å². The Morgan fingerprint density at radius 2 is 2.11 bits per heavy atom. The molecule has 3 amide bonds. The van der Waals surface area contributed by atoms with Crippen molar-refractivity contribution in [3.8, 4) is 0 Å². The van der Waals surface area contributed by atoms with Crippen LogP contribution in [0.3, 0.4) is 0 Å². The van der Waals surface area contributed by atoms with Crippen molar-refractivity contribution in [1.29, 1.82) is 0 Å². The predicted molar refractivity (Wildman–Crippen MR) is 101 cm³/mol. The van der Waals surface area contributed by atoms with E-state index in [4.69, 9.17) is 4.74 Å². The molecule has 2 aliphatic rings. The molecule has 2 heterocycles. The normalized spacial score (nSPS) is 25.5. The van der Waals surface area contributed by atoms with Gasteiger partial charge in [0.05, 0.1) is 5.41 Å². The molecule has 0 N–H and O–H groups in total. The Labute approximate surface area is 164 Å². The third kappa shape index (κ3) is 3.81. The molecule has 3 rings (SSSR count). The first-order valence-corrected chi connectivity index (χ1v) is 9.74. The van der Waals surface area contributed by atoms with Crippen molar-refractivity contribution in [1.82, 2.24) is 9.80 Å². The minimum absolute atomic E-state index is 0.0655. The molecule has 2 unspecified atom stereocenters. The number of carbonyl (C=O) groups is 3. The molecule has 1 aromatic carbocycles. The van der Waals surface area contributed by atoms with Crippen molar-refractivity contribution >= 4 is 17.7 Å². The average molecular weight is 390 g/mol. The van der Waals surface area contributed by atoms with Gasteiger partial charge in [0.15, 0.2) is 0 Å². The highest BCUT2D eigenvalue weighted by Gasteiger charge is 2.53. The highest BCUT2D eigenvalue weighted by molar-refractivity contribution is 6.10. The molecule has 0 aliphatic carbocycles. The zero-order chi connectivity index (χ0) is 20.3. The summed E-state index contributed by atoms with van der Waals surface area (Å²) in [5, 5.41) is 0. The second-order valence-electron chi connectivity index (χ2n) is 7.72. The van der Waals surface area contributed by atoms with Gasteiger partial charge in [-0.05, 0) is 43.4 Å². The third-order valence-corrected chi connectivity index (χ3v) is 5.97. The van der Waals surface area contributed by atoms with E-state index < -0.39 is 17.1 Å². The first-order valence-electron chi connectivity index (χ1n) is 9.74. The number of likely N-dealkylation sites (N-methyl/N-ethyl adjacent to an activating group) is 1. The SMILES string of the molecule is COCCC1CCCCN1C(=O)CC1(c2cccc(F)c2)CC(=O)N(C)C1=O. The average Bonchev–Trinajstić information content (AvgIpc) is 2.91. The summed E-state index contributed by atoms with van der Waals surface area (Å²) in [6.07, 6.45) is 3.35. The Morgan fingerprint density at radius 1 is 1.32 bits per heavy atom. The number of piperidine rings is 1. The zero-order valence-electron chi connectivity index (χ0n) is 16.4. The van der Waals surface area contributed by atoms with Crippen LogP contribution in [0, 0.1) is 5.82 Å². The van der Waals surface area contributed by atoms with Gasteiger partial charge in [-0.2, -0.15) is 0 Å². The van der Waals surface area contributed by atoms with E-state index in [0.717, 1.165) is 30.6 Å². The van der Waals surface area contributed by atoms with E-state index >= 15 is 0 Å². The highest BCUT2D eigenvalue weighted by Crippen LogP contribution is 2.40. The van der Waals surface area contributed by atoms with Crippen LogP contribution in [-0.2, 0) is 24.5 Å². The third-order valence-electron chi connectivity index (χ3n) is 5.97. The van der Waals surface area contributed by atoms with Crippen molar-refractivity contribution in [2.75, 3.05) is 27.3 Å². The molecule has 2 fully saturated rings. The molecule has 2 saturated heterocycles. The summed E-state index contributed by atoms with van der Waals surface area (Å²) in [5.74, 6) is -1.45. The number of imide groups is 1. The lowest BCUT2D eigenvalue weighted by Gasteiger charge is -2.38. The Hall–Kier alpha value is -2.28. The van der Waals surface area contributed by atoms with Crippen LogP contribution in [0.2, 0.25) is 0 Å². The maximum atomic E-state index is 13.9. The van der Waals surface area contributed by atoms with Crippen molar-refractivity contribution in [2.24, 2.45) is 0 Å². The van der Waals surface area contributed by atoms with E-state index in [1.165, 1.54) is 25.2 Å². The van der Waals surface area contributed by atoms with E-state index in [9.17, 15) is 18.8 Å². The molecule has 2 aliphatic heterocycles. The lowest BCUT2D eigenvalue weighted by Crippen LogP contribution is -2.48. The van der Waals surface area contributed by atoms with Crippen molar-refractivity contribution < 1.29 is 23.5 Å². The molecule has 0 radical (unpaired) electrons. The van der Waals surface area contributed by atoms with Gasteiger partial charge >= 0.3 is 0 Å². The van der Waals surface area contributed by atoms with E-state index in [2.05, 4.69) is 0 Å². The fraction of sp³-hybridized carbons (Fsp3) is 0.571. The second-order valence-corrected chi connectivity index (χ2v) is 7.72. The van der Waals surface area contributed by atoms with Crippen LogP contribution < -0.4 is 0 Å². The maximum absolute atomic E-state index is 13.9. The Bertz CT molecular complexity index is 769. The number of ether oxygens (including phenoxy) is 1. The molecule has 0 aromatic heterocycles. The van der Waals surface area contributed by atoms with Crippen molar-refractivity contribution in [3.63, 3.8) is 0 Å². The lowest BCUT2D eigenvalue weighted by molar-refractivity contribution is -0.143. The Kier molecular flexibility index (Phi) is 6.13. The van der Waals surface area contributed by atoms with E-state index in [1.807, 2.05) is 4.90 Å². The molecular formula is C21H27FN2O4. The van der Waals surface area contributed by atoms with E-state index in [1.54, 1.807) is 13.2 Å². The van der Waals surface area contributed by atoms with Gasteiger partial charge in [0.1, 0.15) is 5.82 Å². The van der Waals surface area contributed by atoms with Gasteiger partial charge in [-0.15, -0.1) is 0 Å². The van der Waals surface area contributed by atoms with Crippen LogP contribution >= 0.6 is 0 Å². The summed E-state index contributed by atoms with van der Waals surface area (Å²) >= 11 is 0. The fourth-order valence-electron chi connectivity index (χ4n) is 4.38. The van der Waals surface area contributed by atoms with Gasteiger partial charge < -0.3 is 9.64 Å². The fourth-order valence-corrected chi connectivity index (χ4v) is 4.38. The topological polar surface area (TPSA) is 66.9 Å². The first-order chi connectivity index (χ1) is 13.4. The number of hydrogen-bond donors (Lipinski definition) is 0. The predicted octanol–water partition coefficient (Wildman–Crippen LogP) is 2.26. The van der Waals surface area contributed by atoms with Crippen LogP contribution in [0.1, 0.15) is 44.1 Å². The summed E-state index contributed by atoms with van der Waals surface area (Å²) in [6.45, 7) is 1.19. The first kappa shape index (κ1) is 20.5. The largest absolute Gasteiger partial charge is 0.385 e. The highest BCUT2D eigenvalue weighted by atomic mass is 19.1. The van der Waals surface area contributed by atoms with Crippen LogP contribution in [0.25, 0.3) is 0 Å². The summed E-state index contributed by atoms with van der Waals surface area (Å²) < 4.78 is 19.1. The van der Waals surface area contributed by atoms with E-state index in [-0.39, 0.29) is 30.7 Å². The van der Waals surface area contributed by atoms with Crippen LogP contribution in [-0.4, -0.2) is 60.9 Å². The number of nitrogens with zero attached hydrogens (tertiary/aromatic N) is 2. The second kappa shape index (κ2) is 8.39. The standard InChI is InChI=1S/C21H27FN2O4/c1-23-18(25)13-21(20(23)27,15-6-5-7-16(22)12-15)14-19(26)24-10-4-3-8-17(24)9-11-28-2/h5-7,12,17H,3-4,8-11,13-14H2,1-2H3. The number of amides is 3. The lowest BCUT2D eigenvalue weighted by atomic mass is 9.75. The quantitative estimate of drug-likeness (QED) is 0.699. The number of hydrogen-bond acceptors (Lipinski definition) is 4. The van der Waals surface area contributed by atoms with Crippen molar-refractivity contribution in [3.05, 3.63) is 35.6 Å². The molecule has 6 nitrogen and oxygen atoms in total. The van der Waals surface area contributed by atoms with E-state index in [0.29, 0.717) is 18.7 Å². The van der Waals surface area contributed by atoms with Crippen LogP contribution in [0.4, 0.5) is 4.39 Å². The Morgan fingerprint density at radius 3 is 2.75 bits per heavy atom. The summed E-state index contributed by atoms with van der Waals surface area (Å²) in [6, 6.07) is 5.75. The van der Waals surface area contributed by atoms with Gasteiger partial charge in [-0.25, -0.2) is 4.39 Å². The zero-order valence-corrected chi connectivity index (χ0v) is 16.4. The molecule has 0 spiro atoms. The molecule has 1 aromatic rings. The van der Waals surface area contributed by atoms with Crippen molar-refractivity contribution in [2.45, 2.75) is 50.0 Å². The number of carbonyl (C=O) groups excluding carboxylic acids is 3. The molecule has 7 heteroatoms. The monoisotopic (exact) mass is 390 g/mol. The molecule has 152 valence electrons. The molecular weight excluding hydrogens is 363 g/mol. The summed E-state index contributed by atoms with van der Waals surface area (Å²) in [7, 11) is 3.05. The molecule has 2 atom stereocenters. The smallest absolute Gasteiger partial charge is 0.240 e. The number of rotatable bonds is 6. The van der Waals surface area contributed by atoms with Crippen LogP contribution in [0.15, 0.2) is 24.3 Å². The summed E-state index contributed by atoms with van der Waals surface area (Å²) in [4.78, 5) is 41.4. The molecule has 0 bridgehead atoms. The minimum atomic E-state index is -1.34. The van der Waals surface area contributed by atoms with Gasteiger partial charge in [0.2, 0.25) is 17.7 Å². The van der Waals surface area contributed by atoms with Gasteiger partial charge in [-0.1, -0.05) is 12.1 Å². The Balaban J connectivity index is 1.91. The molecule has 28 heavy (non-hydrogen) atoms. The van der Waals surface area contributed by atoms with Crippen LogP contribution in [0.5, 0.6) is 0 Å². The number of benzene rings is 1. The number of halogens is 1. The number of methoxy groups -OCH3 is 1. The maximum Gasteiger partial charge on any atom is 0.240 e. The number of likely N-dealkylation sites (tertiary alicyclic amines) is 2. The summed E-state index contributed by atoms with van der Waals surface area (Å²) in [5.41, 5.74) is -0.956. The van der Waals surface area contributed by atoms with Gasteiger partial charge in [-0.3, -0.25) is 19.3 Å². The minimum Gasteiger partial charge on any atom is -0.385 e. The van der Waals surface area contributed by atoms with Gasteiger partial charge in [0.25, 0.3) is 0 Å².